The van der Waals surface area contributed by atoms with Gasteiger partial charge in [-0.1, -0.05) is 55.9 Å². The highest BCUT2D eigenvalue weighted by molar-refractivity contribution is 6.83. The Morgan fingerprint density at radius 3 is 2.75 bits per heavy atom. The van der Waals surface area contributed by atoms with Crippen LogP contribution in [0.4, 0.5) is 0 Å². The monoisotopic (exact) mass is 232 g/mol. The molecule has 1 saturated heterocycles. The van der Waals surface area contributed by atoms with Crippen molar-refractivity contribution in [1.82, 2.24) is 0 Å². The lowest BCUT2D eigenvalue weighted by atomic mass is 9.35. The van der Waals surface area contributed by atoms with Crippen molar-refractivity contribution in [3.8, 4) is 0 Å². The molecular formula is C14H25BSi. The van der Waals surface area contributed by atoms with Crippen molar-refractivity contribution in [2.75, 3.05) is 0 Å². The molecule has 0 N–H and O–H groups in total. The molecular weight excluding hydrogens is 207 g/mol. The van der Waals surface area contributed by atoms with Gasteiger partial charge in [-0.3, -0.25) is 0 Å². The summed E-state index contributed by atoms with van der Waals surface area (Å²) in [5.74, 6) is 1.90. The summed E-state index contributed by atoms with van der Waals surface area (Å²) in [5.41, 5.74) is 0. The Hall–Kier alpha value is -0.238. The third-order valence-corrected chi connectivity index (χ3v) is 6.65. The minimum atomic E-state index is -1.02. The summed E-state index contributed by atoms with van der Waals surface area (Å²) in [7, 11) is -1.02. The zero-order chi connectivity index (χ0) is 11.8. The van der Waals surface area contributed by atoms with Gasteiger partial charge < -0.3 is 0 Å². The number of fused-ring (bicyclic) bond motifs is 2. The maximum atomic E-state index is 3.89. The van der Waals surface area contributed by atoms with Crippen LogP contribution in [0.2, 0.25) is 38.6 Å². The summed E-state index contributed by atoms with van der Waals surface area (Å²) >= 11 is 0. The minimum absolute atomic E-state index is 0.902. The molecule has 0 aromatic carbocycles. The zero-order valence-electron chi connectivity index (χ0n) is 11.1. The van der Waals surface area contributed by atoms with Crippen molar-refractivity contribution in [3.63, 3.8) is 0 Å². The van der Waals surface area contributed by atoms with Gasteiger partial charge in [-0.15, -0.1) is 6.58 Å². The maximum absolute atomic E-state index is 3.89. The summed E-state index contributed by atoms with van der Waals surface area (Å²) in [4.78, 5) is 0. The second-order valence-corrected chi connectivity index (χ2v) is 12.0. The van der Waals surface area contributed by atoms with Crippen LogP contribution in [0.1, 0.15) is 12.8 Å². The van der Waals surface area contributed by atoms with Crippen molar-refractivity contribution in [1.29, 1.82) is 0 Å². The van der Waals surface area contributed by atoms with Crippen LogP contribution in [0, 0.1) is 11.8 Å². The molecule has 2 bridgehead atoms. The molecule has 2 aliphatic rings. The van der Waals surface area contributed by atoms with E-state index in [1.54, 1.807) is 0 Å². The average Bonchev–Trinajstić information content (AvgIpc) is 2.15. The van der Waals surface area contributed by atoms with Crippen LogP contribution < -0.4 is 0 Å². The molecule has 0 radical (unpaired) electrons. The molecule has 1 fully saturated rings. The second kappa shape index (κ2) is 4.56. The lowest BCUT2D eigenvalue weighted by molar-refractivity contribution is 0.415. The van der Waals surface area contributed by atoms with Crippen molar-refractivity contribution in [2.45, 2.75) is 51.4 Å². The quantitative estimate of drug-likeness (QED) is 0.496. The van der Waals surface area contributed by atoms with Crippen LogP contribution in [-0.2, 0) is 0 Å². The fourth-order valence-electron chi connectivity index (χ4n) is 3.57. The smallest absolute Gasteiger partial charge is 0.104 e. The first-order valence-corrected chi connectivity index (χ1v) is 10.3. The molecule has 88 valence electrons. The first-order chi connectivity index (χ1) is 7.49. The molecule has 0 aromatic heterocycles. The molecule has 0 spiro atoms. The Kier molecular flexibility index (Phi) is 3.48. The van der Waals surface area contributed by atoms with Crippen molar-refractivity contribution >= 4 is 14.8 Å². The average molecular weight is 232 g/mol. The van der Waals surface area contributed by atoms with E-state index in [1.165, 1.54) is 31.8 Å². The normalized spacial score (nSPS) is 29.9. The summed E-state index contributed by atoms with van der Waals surface area (Å²) in [5, 5.41) is 1.85. The summed E-state index contributed by atoms with van der Waals surface area (Å²) in [6.45, 7) is 12.3. The maximum Gasteiger partial charge on any atom is 0.144 e. The molecule has 1 aliphatic carbocycles. The summed E-state index contributed by atoms with van der Waals surface area (Å²) in [6, 6.07) is 0. The highest BCUT2D eigenvalue weighted by Gasteiger charge is 2.35. The van der Waals surface area contributed by atoms with E-state index >= 15 is 0 Å². The van der Waals surface area contributed by atoms with Gasteiger partial charge in [-0.05, 0) is 24.7 Å². The molecule has 0 saturated carbocycles. The van der Waals surface area contributed by atoms with Gasteiger partial charge >= 0.3 is 0 Å². The Morgan fingerprint density at radius 2 is 2.19 bits per heavy atom. The van der Waals surface area contributed by atoms with Gasteiger partial charge in [0.05, 0.1) is 8.07 Å². The highest BCUT2D eigenvalue weighted by Crippen LogP contribution is 2.42. The number of hydrogen-bond acceptors (Lipinski definition) is 0. The van der Waals surface area contributed by atoms with E-state index in [9.17, 15) is 0 Å². The van der Waals surface area contributed by atoms with Gasteiger partial charge in [0, 0.05) is 0 Å². The molecule has 2 heteroatoms. The topological polar surface area (TPSA) is 0 Å². The molecule has 2 atom stereocenters. The van der Waals surface area contributed by atoms with Crippen molar-refractivity contribution in [3.05, 3.63) is 23.9 Å². The van der Waals surface area contributed by atoms with E-state index in [4.69, 9.17) is 0 Å². The van der Waals surface area contributed by atoms with Crippen molar-refractivity contribution in [2.24, 2.45) is 11.8 Å². The predicted molar refractivity (Wildman–Crippen MR) is 78.0 cm³/mol. The molecule has 2 rings (SSSR count). The van der Waals surface area contributed by atoms with Crippen LogP contribution in [0.25, 0.3) is 0 Å². The van der Waals surface area contributed by atoms with E-state index < -0.39 is 8.07 Å². The lowest BCUT2D eigenvalue weighted by Crippen LogP contribution is -2.35. The van der Waals surface area contributed by atoms with Gasteiger partial charge in [0.15, 0.2) is 0 Å². The highest BCUT2D eigenvalue weighted by atomic mass is 28.3. The van der Waals surface area contributed by atoms with E-state index in [-0.39, 0.29) is 0 Å². The zero-order valence-corrected chi connectivity index (χ0v) is 12.1. The van der Waals surface area contributed by atoms with Gasteiger partial charge in [0.2, 0.25) is 0 Å². The van der Waals surface area contributed by atoms with Gasteiger partial charge in [-0.25, -0.2) is 0 Å². The molecule has 1 heterocycles. The molecule has 0 aromatic rings. The Bertz CT molecular complexity index is 300. The largest absolute Gasteiger partial charge is 0.144 e. The molecule has 1 aliphatic heterocycles. The summed E-state index contributed by atoms with van der Waals surface area (Å²) in [6.07, 6.45) is 11.8. The van der Waals surface area contributed by atoms with E-state index in [2.05, 4.69) is 38.4 Å². The van der Waals surface area contributed by atoms with Crippen LogP contribution >= 0.6 is 0 Å². The Labute approximate surface area is 102 Å². The Balaban J connectivity index is 2.09. The standard InChI is InChI=1S/C14H25BSi/c1-5-6-15-10-12-7-13(11-15)9-14(8-12)16(2,3)4/h5,8,12-13H,1,6-7,9-11H2,2-4H3. The SMILES string of the molecule is C=CCB1CC2C=C([Si](C)(C)C)CC(C1)C2. The van der Waals surface area contributed by atoms with Gasteiger partial charge in [0.1, 0.15) is 6.71 Å². The van der Waals surface area contributed by atoms with E-state index in [0.29, 0.717) is 0 Å². The van der Waals surface area contributed by atoms with Crippen LogP contribution in [-0.4, -0.2) is 14.8 Å². The molecule has 2 unspecified atom stereocenters. The fraction of sp³-hybridized carbons (Fsp3) is 0.714. The molecule has 0 nitrogen and oxygen atoms in total. The minimum Gasteiger partial charge on any atom is -0.104 e. The second-order valence-electron chi connectivity index (χ2n) is 6.87. The van der Waals surface area contributed by atoms with Crippen LogP contribution in [0.15, 0.2) is 23.9 Å². The third kappa shape index (κ3) is 2.71. The number of allylic oxidation sites excluding steroid dienone is 3. The van der Waals surface area contributed by atoms with E-state index in [0.717, 1.165) is 18.5 Å². The first-order valence-electron chi connectivity index (χ1n) is 6.81. The molecule has 0 amide bonds. The molecule has 16 heavy (non-hydrogen) atoms. The number of rotatable bonds is 3. The van der Waals surface area contributed by atoms with Gasteiger partial charge in [0.25, 0.3) is 0 Å². The Morgan fingerprint density at radius 1 is 1.44 bits per heavy atom. The third-order valence-electron chi connectivity index (χ3n) is 4.35. The van der Waals surface area contributed by atoms with Crippen LogP contribution in [0.5, 0.6) is 0 Å². The van der Waals surface area contributed by atoms with E-state index in [1.807, 2.05) is 5.20 Å². The fourth-order valence-corrected chi connectivity index (χ4v) is 5.20. The van der Waals surface area contributed by atoms with Gasteiger partial charge in [-0.2, -0.15) is 0 Å². The van der Waals surface area contributed by atoms with Crippen LogP contribution in [0.3, 0.4) is 0 Å². The predicted octanol–water partition coefficient (Wildman–Crippen LogP) is 4.51. The lowest BCUT2D eigenvalue weighted by Gasteiger charge is -2.39. The summed E-state index contributed by atoms with van der Waals surface area (Å²) < 4.78 is 0. The van der Waals surface area contributed by atoms with Crippen molar-refractivity contribution < 1.29 is 0 Å². The first kappa shape index (κ1) is 12.2. The number of hydrogen-bond donors (Lipinski definition) is 0.